The fourth-order valence-electron chi connectivity index (χ4n) is 2.68. The lowest BCUT2D eigenvalue weighted by molar-refractivity contribution is 0.0967. The highest BCUT2D eigenvalue weighted by molar-refractivity contribution is 5.96. The lowest BCUT2D eigenvalue weighted by Gasteiger charge is -2.17. The molecule has 1 heterocycles. The smallest absolute Gasteiger partial charge is 0.164 e. The summed E-state index contributed by atoms with van der Waals surface area (Å²) in [6.07, 6.45) is 1.71. The van der Waals surface area contributed by atoms with Crippen LogP contribution in [0.4, 0.5) is 4.39 Å². The Morgan fingerprint density at radius 1 is 1.47 bits per heavy atom. The van der Waals surface area contributed by atoms with Crippen molar-refractivity contribution in [3.8, 4) is 0 Å². The molecule has 0 spiro atoms. The van der Waals surface area contributed by atoms with E-state index in [0.717, 1.165) is 25.6 Å². The van der Waals surface area contributed by atoms with Crippen molar-refractivity contribution in [3.05, 3.63) is 35.6 Å². The van der Waals surface area contributed by atoms with Gasteiger partial charge in [0.1, 0.15) is 5.82 Å². The molecule has 3 heteroatoms. The summed E-state index contributed by atoms with van der Waals surface area (Å²) >= 11 is 0. The normalized spacial score (nSPS) is 20.1. The van der Waals surface area contributed by atoms with Crippen LogP contribution in [0.1, 0.15) is 37.0 Å². The van der Waals surface area contributed by atoms with Crippen molar-refractivity contribution in [1.29, 1.82) is 0 Å². The third-order valence-corrected chi connectivity index (χ3v) is 4.05. The van der Waals surface area contributed by atoms with Crippen molar-refractivity contribution in [2.24, 2.45) is 11.8 Å². The van der Waals surface area contributed by atoms with Gasteiger partial charge in [0, 0.05) is 25.1 Å². The first-order chi connectivity index (χ1) is 9.06. The molecule has 1 aromatic rings. The fraction of sp³-hybridized carbons (Fsp3) is 0.562. The summed E-state index contributed by atoms with van der Waals surface area (Å²) in [5.41, 5.74) is 0.486. The Bertz CT molecular complexity index is 444. The van der Waals surface area contributed by atoms with Gasteiger partial charge >= 0.3 is 0 Å². The lowest BCUT2D eigenvalue weighted by Crippen LogP contribution is -2.24. The number of carbonyl (C=O) groups is 1. The van der Waals surface area contributed by atoms with E-state index in [4.69, 9.17) is 0 Å². The molecule has 0 aromatic heterocycles. The van der Waals surface area contributed by atoms with Gasteiger partial charge < -0.3 is 4.90 Å². The summed E-state index contributed by atoms with van der Waals surface area (Å²) < 4.78 is 13.0. The monoisotopic (exact) mass is 263 g/mol. The quantitative estimate of drug-likeness (QED) is 0.759. The van der Waals surface area contributed by atoms with Crippen molar-refractivity contribution >= 4 is 5.78 Å². The molecule has 19 heavy (non-hydrogen) atoms. The number of ketones is 1. The first-order valence-corrected chi connectivity index (χ1v) is 7.07. The molecule has 104 valence electrons. The van der Waals surface area contributed by atoms with Gasteiger partial charge in [-0.3, -0.25) is 4.79 Å². The predicted octanol–water partition coefficient (Wildman–Crippen LogP) is 3.38. The van der Waals surface area contributed by atoms with Crippen LogP contribution in [-0.4, -0.2) is 30.3 Å². The van der Waals surface area contributed by atoms with Crippen molar-refractivity contribution in [2.75, 3.05) is 19.6 Å². The van der Waals surface area contributed by atoms with E-state index in [1.165, 1.54) is 18.6 Å². The number of halogens is 1. The zero-order chi connectivity index (χ0) is 13.8. The van der Waals surface area contributed by atoms with E-state index in [2.05, 4.69) is 18.7 Å². The SMILES string of the molecule is CC(C)C1CCN(CCC(=O)c2cccc(F)c2)C1. The van der Waals surface area contributed by atoms with E-state index in [9.17, 15) is 9.18 Å². The van der Waals surface area contributed by atoms with Crippen LogP contribution in [0.2, 0.25) is 0 Å². The lowest BCUT2D eigenvalue weighted by atomic mass is 9.95. The van der Waals surface area contributed by atoms with E-state index in [-0.39, 0.29) is 11.6 Å². The number of Topliss-reactive ketones (excluding diaryl/α,β-unsaturated/α-hetero) is 1. The maximum atomic E-state index is 13.0. The number of nitrogens with zero attached hydrogens (tertiary/aromatic N) is 1. The summed E-state index contributed by atoms with van der Waals surface area (Å²) in [5, 5.41) is 0. The average Bonchev–Trinajstić information content (AvgIpc) is 2.85. The van der Waals surface area contributed by atoms with Gasteiger partial charge in [-0.05, 0) is 36.9 Å². The zero-order valence-electron chi connectivity index (χ0n) is 11.7. The summed E-state index contributed by atoms with van der Waals surface area (Å²) in [5.74, 6) is 1.16. The molecule has 0 N–H and O–H groups in total. The maximum absolute atomic E-state index is 13.0. The average molecular weight is 263 g/mol. The fourth-order valence-corrected chi connectivity index (χ4v) is 2.68. The van der Waals surface area contributed by atoms with Gasteiger partial charge in [0.15, 0.2) is 5.78 Å². The number of carbonyl (C=O) groups excluding carboxylic acids is 1. The molecular weight excluding hydrogens is 241 g/mol. The van der Waals surface area contributed by atoms with Gasteiger partial charge in [-0.15, -0.1) is 0 Å². The minimum atomic E-state index is -0.341. The molecule has 2 nitrogen and oxygen atoms in total. The van der Waals surface area contributed by atoms with Crippen LogP contribution < -0.4 is 0 Å². The number of likely N-dealkylation sites (tertiary alicyclic amines) is 1. The molecule has 0 bridgehead atoms. The Kier molecular flexibility index (Phi) is 4.70. The van der Waals surface area contributed by atoms with Crippen LogP contribution in [0.15, 0.2) is 24.3 Å². The first-order valence-electron chi connectivity index (χ1n) is 7.07. The Morgan fingerprint density at radius 2 is 2.26 bits per heavy atom. The van der Waals surface area contributed by atoms with Gasteiger partial charge in [-0.25, -0.2) is 4.39 Å². The second-order valence-corrected chi connectivity index (χ2v) is 5.78. The maximum Gasteiger partial charge on any atom is 0.164 e. The van der Waals surface area contributed by atoms with Crippen molar-refractivity contribution in [2.45, 2.75) is 26.7 Å². The highest BCUT2D eigenvalue weighted by Gasteiger charge is 2.24. The number of hydrogen-bond donors (Lipinski definition) is 0. The van der Waals surface area contributed by atoms with Gasteiger partial charge in [0.05, 0.1) is 0 Å². The topological polar surface area (TPSA) is 20.3 Å². The highest BCUT2D eigenvalue weighted by Crippen LogP contribution is 2.23. The molecule has 1 unspecified atom stereocenters. The van der Waals surface area contributed by atoms with Crippen LogP contribution >= 0.6 is 0 Å². The molecule has 0 amide bonds. The van der Waals surface area contributed by atoms with E-state index < -0.39 is 0 Å². The molecule has 2 rings (SSSR count). The molecule has 1 aromatic carbocycles. The third-order valence-electron chi connectivity index (χ3n) is 4.05. The number of rotatable bonds is 5. The van der Waals surface area contributed by atoms with Crippen molar-refractivity contribution in [1.82, 2.24) is 4.90 Å². The van der Waals surface area contributed by atoms with Crippen LogP contribution in [0.25, 0.3) is 0 Å². The molecule has 1 atom stereocenters. The number of benzene rings is 1. The van der Waals surface area contributed by atoms with Gasteiger partial charge in [-0.2, -0.15) is 0 Å². The van der Waals surface area contributed by atoms with E-state index in [1.54, 1.807) is 12.1 Å². The Hall–Kier alpha value is -1.22. The standard InChI is InChI=1S/C16H22FNO/c1-12(2)14-6-8-18(11-14)9-7-16(19)13-4-3-5-15(17)10-13/h3-5,10,12,14H,6-9,11H2,1-2H3. The summed E-state index contributed by atoms with van der Waals surface area (Å²) in [6.45, 7) is 7.48. The second-order valence-electron chi connectivity index (χ2n) is 5.78. The van der Waals surface area contributed by atoms with Crippen LogP contribution in [0.3, 0.4) is 0 Å². The van der Waals surface area contributed by atoms with Gasteiger partial charge in [0.25, 0.3) is 0 Å². The highest BCUT2D eigenvalue weighted by atomic mass is 19.1. The van der Waals surface area contributed by atoms with Crippen LogP contribution in [-0.2, 0) is 0 Å². The number of hydrogen-bond acceptors (Lipinski definition) is 2. The molecule has 1 aliphatic heterocycles. The summed E-state index contributed by atoms with van der Waals surface area (Å²) in [7, 11) is 0. The van der Waals surface area contributed by atoms with Crippen LogP contribution in [0, 0.1) is 17.7 Å². The largest absolute Gasteiger partial charge is 0.303 e. The Morgan fingerprint density at radius 3 is 2.89 bits per heavy atom. The molecule has 0 radical (unpaired) electrons. The van der Waals surface area contributed by atoms with Crippen LogP contribution in [0.5, 0.6) is 0 Å². The molecule has 0 saturated carbocycles. The van der Waals surface area contributed by atoms with Crippen molar-refractivity contribution < 1.29 is 9.18 Å². The minimum absolute atomic E-state index is 0.0347. The van der Waals surface area contributed by atoms with Gasteiger partial charge in [-0.1, -0.05) is 26.0 Å². The van der Waals surface area contributed by atoms with E-state index in [0.29, 0.717) is 17.9 Å². The van der Waals surface area contributed by atoms with Crippen molar-refractivity contribution in [3.63, 3.8) is 0 Å². The molecular formula is C16H22FNO. The van der Waals surface area contributed by atoms with Gasteiger partial charge in [0.2, 0.25) is 0 Å². The molecule has 1 saturated heterocycles. The molecule has 1 aliphatic rings. The van der Waals surface area contributed by atoms with E-state index >= 15 is 0 Å². The zero-order valence-corrected chi connectivity index (χ0v) is 11.7. The Balaban J connectivity index is 1.82. The predicted molar refractivity (Wildman–Crippen MR) is 74.7 cm³/mol. The first kappa shape index (κ1) is 14.2. The third kappa shape index (κ3) is 3.87. The minimum Gasteiger partial charge on any atom is -0.303 e. The summed E-state index contributed by atoms with van der Waals surface area (Å²) in [4.78, 5) is 14.3. The molecule has 0 aliphatic carbocycles. The summed E-state index contributed by atoms with van der Waals surface area (Å²) in [6, 6.07) is 5.97. The second kappa shape index (κ2) is 6.29. The van der Waals surface area contributed by atoms with E-state index in [1.807, 2.05) is 0 Å². The molecule has 1 fully saturated rings. The Labute approximate surface area is 114 Å².